The normalized spacial score (nSPS) is 25.5. The number of fused-ring (bicyclic) bond motifs is 2. The van der Waals surface area contributed by atoms with Crippen LogP contribution >= 0.6 is 0 Å². The number of hydrogen-bond donors (Lipinski definition) is 1. The third-order valence-electron chi connectivity index (χ3n) is 12.7. The molecule has 6 aliphatic heterocycles. The smallest absolute Gasteiger partial charge is 0.409 e. The van der Waals surface area contributed by atoms with Crippen LogP contribution in [-0.2, 0) is 19.1 Å². The van der Waals surface area contributed by atoms with E-state index in [0.717, 1.165) is 88.2 Å². The summed E-state index contributed by atoms with van der Waals surface area (Å²) in [5.74, 6) is 5.03. The van der Waals surface area contributed by atoms with E-state index < -0.39 is 0 Å². The summed E-state index contributed by atoms with van der Waals surface area (Å²) in [6, 6.07) is 3.07. The number of rotatable bonds is 6. The number of likely N-dealkylation sites (tertiary alicyclic amines) is 4. The first kappa shape index (κ1) is 51.2. The first-order valence-corrected chi connectivity index (χ1v) is 22.7. The number of carbonyl (C=O) groups excluding carboxylic acids is 3. The van der Waals surface area contributed by atoms with Gasteiger partial charge in [0.1, 0.15) is 0 Å². The van der Waals surface area contributed by atoms with Crippen molar-refractivity contribution in [2.45, 2.75) is 160 Å². The van der Waals surface area contributed by atoms with Crippen molar-refractivity contribution in [2.24, 2.45) is 46.8 Å². The van der Waals surface area contributed by atoms with Crippen LogP contribution in [0.5, 0.6) is 0 Å². The van der Waals surface area contributed by atoms with Crippen molar-refractivity contribution in [3.63, 3.8) is 0 Å². The maximum atomic E-state index is 11.7. The van der Waals surface area contributed by atoms with Crippen LogP contribution in [0.3, 0.4) is 0 Å². The highest BCUT2D eigenvalue weighted by atomic mass is 16.5. The Hall–Kier alpha value is -1.95. The van der Waals surface area contributed by atoms with Gasteiger partial charge >= 0.3 is 6.09 Å². The van der Waals surface area contributed by atoms with Crippen LogP contribution < -0.4 is 5.32 Å². The van der Waals surface area contributed by atoms with Gasteiger partial charge < -0.3 is 29.5 Å². The van der Waals surface area contributed by atoms with E-state index in [9.17, 15) is 14.4 Å². The summed E-state index contributed by atoms with van der Waals surface area (Å²) in [7, 11) is 1.42. The van der Waals surface area contributed by atoms with Gasteiger partial charge in [0, 0.05) is 101 Å². The second kappa shape index (κ2) is 23.2. The molecule has 6 fully saturated rings. The SMILES string of the molecule is CC(C)C(=O)N1CC(C(C)C)C1.CC(C)C1CN(C(=O)C(C)(C)C)C1.CC(C)N1CC2CC1CN2.CC1CN(C(C)C)CC(C)O1.COC(=O)N1CC(C(C)C)C1. The molecule has 4 unspecified atom stereocenters. The van der Waals surface area contributed by atoms with Crippen molar-refractivity contribution in [3.8, 4) is 0 Å². The van der Waals surface area contributed by atoms with Crippen molar-refractivity contribution in [3.05, 3.63) is 0 Å². The average Bonchev–Trinajstić information content (AvgIpc) is 3.67. The van der Waals surface area contributed by atoms with Crippen LogP contribution in [0, 0.1) is 46.8 Å². The van der Waals surface area contributed by atoms with Crippen molar-refractivity contribution >= 4 is 17.9 Å². The fourth-order valence-corrected chi connectivity index (χ4v) is 8.13. The summed E-state index contributed by atoms with van der Waals surface area (Å²) in [4.78, 5) is 44.8. The lowest BCUT2D eigenvalue weighted by atomic mass is 9.85. The maximum absolute atomic E-state index is 11.7. The van der Waals surface area contributed by atoms with E-state index in [0.29, 0.717) is 47.8 Å². The average molecular weight is 807 g/mol. The summed E-state index contributed by atoms with van der Waals surface area (Å²) in [5, 5.41) is 3.50. The lowest BCUT2D eigenvalue weighted by molar-refractivity contribution is -0.147. The largest absolute Gasteiger partial charge is 0.453 e. The second-order valence-electron chi connectivity index (χ2n) is 20.8. The molecule has 6 aliphatic rings. The molecule has 0 spiro atoms. The summed E-state index contributed by atoms with van der Waals surface area (Å²) in [6.45, 7) is 46.8. The molecule has 0 aromatic heterocycles. The third-order valence-corrected chi connectivity index (χ3v) is 12.7. The van der Waals surface area contributed by atoms with E-state index >= 15 is 0 Å². The van der Waals surface area contributed by atoms with Crippen LogP contribution in [0.4, 0.5) is 4.79 Å². The predicted molar refractivity (Wildman–Crippen MR) is 235 cm³/mol. The monoisotopic (exact) mass is 807 g/mol. The van der Waals surface area contributed by atoms with Gasteiger partial charge in [-0.3, -0.25) is 19.4 Å². The Bertz CT molecular complexity index is 1190. The standard InChI is InChI=1S/C11H21NO.C10H19NO.C9H19NO.C8H16N2.C8H15NO2/c1-8(2)9-6-12(7-9)10(13)11(3,4)5;1-7(2)9-5-11(6-9)10(12)8(3)4;1-7(2)10-5-8(3)11-9(4)6-10;1-6(2)10-5-7-3-8(10)4-9-7;1-6(2)7-4-9(5-7)8(10)11-3/h8-9H,6-7H2,1-5H3;7-9H,5-6H2,1-4H3;7-9H,5-6H2,1-4H3;6-9H,3-5H2,1-2H3;6-7H,4-5H2,1-3H3. The minimum atomic E-state index is -0.206. The minimum absolute atomic E-state index is 0.165. The molecule has 0 aliphatic carbocycles. The number of nitrogens with one attached hydrogen (secondary N) is 1. The molecule has 334 valence electrons. The molecular formula is C46H90N6O5. The lowest BCUT2D eigenvalue weighted by Crippen LogP contribution is -2.55. The van der Waals surface area contributed by atoms with Crippen LogP contribution in [0.15, 0.2) is 0 Å². The lowest BCUT2D eigenvalue weighted by Gasteiger charge is -2.44. The van der Waals surface area contributed by atoms with Crippen molar-refractivity contribution in [1.29, 1.82) is 0 Å². The molecule has 11 nitrogen and oxygen atoms in total. The highest BCUT2D eigenvalue weighted by Crippen LogP contribution is 2.29. The van der Waals surface area contributed by atoms with Crippen LogP contribution in [0.2, 0.25) is 0 Å². The van der Waals surface area contributed by atoms with Crippen molar-refractivity contribution in [1.82, 2.24) is 29.8 Å². The molecule has 6 rings (SSSR count). The number of ether oxygens (including phenoxy) is 2. The van der Waals surface area contributed by atoms with Crippen molar-refractivity contribution < 1.29 is 23.9 Å². The zero-order chi connectivity index (χ0) is 43.5. The number of methoxy groups -OCH3 is 1. The number of nitrogens with zero attached hydrogens (tertiary/aromatic N) is 5. The minimum Gasteiger partial charge on any atom is -0.453 e. The Morgan fingerprint density at radius 1 is 0.632 bits per heavy atom. The number of piperazine rings is 1. The van der Waals surface area contributed by atoms with E-state index in [2.05, 4.69) is 103 Å². The molecule has 0 aromatic rings. The maximum Gasteiger partial charge on any atom is 0.409 e. The summed E-state index contributed by atoms with van der Waals surface area (Å²) in [5.41, 5.74) is -0.206. The van der Waals surface area contributed by atoms with Crippen LogP contribution in [-0.4, -0.2) is 151 Å². The van der Waals surface area contributed by atoms with Crippen LogP contribution in [0.25, 0.3) is 0 Å². The van der Waals surface area contributed by atoms with E-state index in [1.165, 1.54) is 26.6 Å². The van der Waals surface area contributed by atoms with Gasteiger partial charge in [0.2, 0.25) is 11.8 Å². The Morgan fingerprint density at radius 2 is 1.07 bits per heavy atom. The molecule has 6 saturated heterocycles. The molecule has 3 amide bonds. The molecular weight excluding hydrogens is 717 g/mol. The zero-order valence-corrected chi connectivity index (χ0v) is 40.1. The summed E-state index contributed by atoms with van der Waals surface area (Å²) < 4.78 is 10.2. The molecule has 1 N–H and O–H groups in total. The number of morpholine rings is 1. The van der Waals surface area contributed by atoms with Gasteiger partial charge in [-0.15, -0.1) is 0 Å². The Kier molecular flexibility index (Phi) is 20.8. The van der Waals surface area contributed by atoms with Gasteiger partial charge in [-0.1, -0.05) is 76.2 Å². The van der Waals surface area contributed by atoms with Gasteiger partial charge in [0.25, 0.3) is 0 Å². The predicted octanol–water partition coefficient (Wildman–Crippen LogP) is 7.19. The fraction of sp³-hybridized carbons (Fsp3) is 0.935. The Labute approximate surface area is 350 Å². The quantitative estimate of drug-likeness (QED) is 0.302. The first-order valence-electron chi connectivity index (χ1n) is 22.7. The molecule has 0 saturated carbocycles. The van der Waals surface area contributed by atoms with E-state index in [1.54, 1.807) is 4.90 Å². The fourth-order valence-electron chi connectivity index (χ4n) is 8.13. The number of carbonyl (C=O) groups is 3. The van der Waals surface area contributed by atoms with Gasteiger partial charge in [-0.05, 0) is 83.5 Å². The molecule has 2 bridgehead atoms. The molecule has 6 heterocycles. The summed E-state index contributed by atoms with van der Waals surface area (Å²) >= 11 is 0. The van der Waals surface area contributed by atoms with Gasteiger partial charge in [0.15, 0.2) is 0 Å². The summed E-state index contributed by atoms with van der Waals surface area (Å²) in [6.07, 6.45) is 2.00. The van der Waals surface area contributed by atoms with Crippen molar-refractivity contribution in [2.75, 3.05) is 72.6 Å². The highest BCUT2D eigenvalue weighted by Gasteiger charge is 2.39. The molecule has 11 heteroatoms. The first-order chi connectivity index (χ1) is 26.4. The molecule has 57 heavy (non-hydrogen) atoms. The molecule has 0 radical (unpaired) electrons. The Balaban J connectivity index is 0.000000246. The third kappa shape index (κ3) is 16.2. The van der Waals surface area contributed by atoms with E-state index in [-0.39, 0.29) is 17.4 Å². The second-order valence-corrected chi connectivity index (χ2v) is 20.8. The van der Waals surface area contributed by atoms with Gasteiger partial charge in [-0.2, -0.15) is 0 Å². The Morgan fingerprint density at radius 3 is 1.37 bits per heavy atom. The molecule has 4 atom stereocenters. The topological polar surface area (TPSA) is 97.9 Å². The number of hydrogen-bond acceptors (Lipinski definition) is 8. The number of amides is 3. The van der Waals surface area contributed by atoms with Gasteiger partial charge in [-0.25, -0.2) is 4.79 Å². The van der Waals surface area contributed by atoms with E-state index in [1.807, 2.05) is 44.4 Å². The highest BCUT2D eigenvalue weighted by molar-refractivity contribution is 5.82. The molecule has 0 aromatic carbocycles. The van der Waals surface area contributed by atoms with Crippen LogP contribution in [0.1, 0.15) is 124 Å². The van der Waals surface area contributed by atoms with Gasteiger partial charge in [0.05, 0.1) is 19.3 Å². The van der Waals surface area contributed by atoms with E-state index in [4.69, 9.17) is 4.74 Å². The zero-order valence-electron chi connectivity index (χ0n) is 40.1.